The van der Waals surface area contributed by atoms with Crippen LogP contribution in [-0.4, -0.2) is 4.98 Å². The number of nitrogens with zero attached hydrogens (tertiary/aromatic N) is 2. The second-order valence-electron chi connectivity index (χ2n) is 5.85. The molecule has 0 radical (unpaired) electrons. The van der Waals surface area contributed by atoms with E-state index in [-0.39, 0.29) is 5.82 Å². The first kappa shape index (κ1) is 15.8. The van der Waals surface area contributed by atoms with Crippen molar-refractivity contribution >= 4 is 5.82 Å². The molecule has 1 heterocycles. The molecule has 1 aromatic heterocycles. The number of pyridine rings is 1. The Morgan fingerprint density at radius 2 is 1.79 bits per heavy atom. The van der Waals surface area contributed by atoms with Crippen LogP contribution in [0.3, 0.4) is 0 Å². The van der Waals surface area contributed by atoms with Gasteiger partial charge in [0, 0.05) is 11.1 Å². The Balaban J connectivity index is 2.18. The summed E-state index contributed by atoms with van der Waals surface area (Å²) >= 11 is 0. The molecule has 24 heavy (non-hydrogen) atoms. The van der Waals surface area contributed by atoms with Gasteiger partial charge in [0.1, 0.15) is 17.5 Å². The third-order valence-corrected chi connectivity index (χ3v) is 4.15. The van der Waals surface area contributed by atoms with Crippen LogP contribution in [0, 0.1) is 18.3 Å². The van der Waals surface area contributed by atoms with Crippen molar-refractivity contribution in [1.29, 1.82) is 5.26 Å². The van der Waals surface area contributed by atoms with Crippen LogP contribution in [0.4, 0.5) is 5.82 Å². The summed E-state index contributed by atoms with van der Waals surface area (Å²) in [5.74, 6) is 0.270. The molecule has 2 N–H and O–H groups in total. The number of aryl methyl sites for hydroxylation is 2. The zero-order valence-corrected chi connectivity index (χ0v) is 13.9. The number of nitrogens with two attached hydrogens (primary N) is 1. The fourth-order valence-corrected chi connectivity index (χ4v) is 2.78. The van der Waals surface area contributed by atoms with Crippen molar-refractivity contribution < 1.29 is 0 Å². The quantitative estimate of drug-likeness (QED) is 0.759. The van der Waals surface area contributed by atoms with Gasteiger partial charge in [0.05, 0.1) is 5.69 Å². The van der Waals surface area contributed by atoms with Crippen LogP contribution in [0.15, 0.2) is 54.6 Å². The molecular weight excluding hydrogens is 294 g/mol. The van der Waals surface area contributed by atoms with Gasteiger partial charge in [0.2, 0.25) is 0 Å². The van der Waals surface area contributed by atoms with E-state index in [1.165, 1.54) is 5.56 Å². The fraction of sp³-hybridized carbons (Fsp3) is 0.143. The summed E-state index contributed by atoms with van der Waals surface area (Å²) in [6.45, 7) is 4.16. The van der Waals surface area contributed by atoms with Gasteiger partial charge in [-0.2, -0.15) is 5.26 Å². The monoisotopic (exact) mass is 313 g/mol. The van der Waals surface area contributed by atoms with E-state index in [1.54, 1.807) is 0 Å². The van der Waals surface area contributed by atoms with Crippen LogP contribution in [0.1, 0.15) is 23.6 Å². The predicted octanol–water partition coefficient (Wildman–Crippen LogP) is 4.74. The first-order valence-corrected chi connectivity index (χ1v) is 7.99. The number of nitriles is 1. The molecule has 0 aliphatic heterocycles. The summed E-state index contributed by atoms with van der Waals surface area (Å²) in [6.07, 6.45) is 0.998. The number of nitrogen functional groups attached to an aromatic ring is 1. The average Bonchev–Trinajstić information content (AvgIpc) is 2.61. The molecule has 3 heteroatoms. The lowest BCUT2D eigenvalue weighted by Gasteiger charge is -2.11. The van der Waals surface area contributed by atoms with Crippen LogP contribution in [0.25, 0.3) is 22.4 Å². The molecule has 0 bridgehead atoms. The lowest BCUT2D eigenvalue weighted by atomic mass is 9.97. The first-order chi connectivity index (χ1) is 11.6. The van der Waals surface area contributed by atoms with Gasteiger partial charge in [-0.25, -0.2) is 4.98 Å². The summed E-state index contributed by atoms with van der Waals surface area (Å²) in [5, 5.41) is 9.49. The van der Waals surface area contributed by atoms with Gasteiger partial charge < -0.3 is 5.73 Å². The Kier molecular flexibility index (Phi) is 4.31. The number of hydrogen-bond acceptors (Lipinski definition) is 3. The van der Waals surface area contributed by atoms with E-state index >= 15 is 0 Å². The highest BCUT2D eigenvalue weighted by Crippen LogP contribution is 2.31. The lowest BCUT2D eigenvalue weighted by Crippen LogP contribution is -2.00. The maximum atomic E-state index is 9.49. The SMILES string of the molecule is CCc1ccc(-c2cc(-c3cccc(C)c3)c(C#N)c(N)n2)cc1. The molecule has 0 saturated carbocycles. The Morgan fingerprint density at radius 3 is 2.42 bits per heavy atom. The van der Waals surface area contributed by atoms with Gasteiger partial charge in [-0.05, 0) is 30.5 Å². The van der Waals surface area contributed by atoms with E-state index in [2.05, 4.69) is 36.2 Å². The molecule has 2 aromatic carbocycles. The molecule has 0 aliphatic rings. The molecule has 0 aliphatic carbocycles. The molecule has 0 atom stereocenters. The highest BCUT2D eigenvalue weighted by Gasteiger charge is 2.13. The van der Waals surface area contributed by atoms with E-state index < -0.39 is 0 Å². The minimum Gasteiger partial charge on any atom is -0.383 e. The molecule has 0 amide bonds. The summed E-state index contributed by atoms with van der Waals surface area (Å²) in [7, 11) is 0. The van der Waals surface area contributed by atoms with Crippen LogP contribution >= 0.6 is 0 Å². The minimum atomic E-state index is 0.270. The molecule has 0 fully saturated rings. The molecule has 118 valence electrons. The Bertz CT molecular complexity index is 919. The van der Waals surface area contributed by atoms with Crippen molar-refractivity contribution in [3.63, 3.8) is 0 Å². The zero-order valence-electron chi connectivity index (χ0n) is 13.9. The van der Waals surface area contributed by atoms with Crippen LogP contribution < -0.4 is 5.73 Å². The second-order valence-corrected chi connectivity index (χ2v) is 5.85. The summed E-state index contributed by atoms with van der Waals surface area (Å²) in [6, 6.07) is 20.5. The van der Waals surface area contributed by atoms with Gasteiger partial charge >= 0.3 is 0 Å². The van der Waals surface area contributed by atoms with Crippen LogP contribution in [0.2, 0.25) is 0 Å². The van der Waals surface area contributed by atoms with Crippen LogP contribution in [0.5, 0.6) is 0 Å². The Morgan fingerprint density at radius 1 is 1.04 bits per heavy atom. The van der Waals surface area contributed by atoms with Crippen molar-refractivity contribution in [3.8, 4) is 28.5 Å². The number of aromatic nitrogens is 1. The first-order valence-electron chi connectivity index (χ1n) is 7.99. The molecule has 3 aromatic rings. The topological polar surface area (TPSA) is 62.7 Å². The van der Waals surface area contributed by atoms with Gasteiger partial charge in [-0.3, -0.25) is 0 Å². The summed E-state index contributed by atoms with van der Waals surface area (Å²) < 4.78 is 0. The van der Waals surface area contributed by atoms with Crippen molar-refractivity contribution in [2.45, 2.75) is 20.3 Å². The highest BCUT2D eigenvalue weighted by atomic mass is 14.8. The van der Waals surface area contributed by atoms with Crippen molar-refractivity contribution in [2.24, 2.45) is 0 Å². The van der Waals surface area contributed by atoms with Gasteiger partial charge in [-0.1, -0.05) is 61.0 Å². The Hall–Kier alpha value is -3.12. The lowest BCUT2D eigenvalue weighted by molar-refractivity contribution is 1.14. The molecule has 0 spiro atoms. The van der Waals surface area contributed by atoms with Gasteiger partial charge in [0.25, 0.3) is 0 Å². The maximum absolute atomic E-state index is 9.49. The zero-order chi connectivity index (χ0) is 17.1. The largest absolute Gasteiger partial charge is 0.383 e. The average molecular weight is 313 g/mol. The standard InChI is InChI=1S/C21H19N3/c1-3-15-7-9-16(10-8-15)20-12-18(19(13-22)21(23)24-20)17-6-4-5-14(2)11-17/h4-12H,3H2,1-2H3,(H2,23,24). The third-order valence-electron chi connectivity index (χ3n) is 4.15. The third kappa shape index (κ3) is 3.00. The number of rotatable bonds is 3. The number of benzene rings is 2. The fourth-order valence-electron chi connectivity index (χ4n) is 2.78. The maximum Gasteiger partial charge on any atom is 0.142 e. The van der Waals surface area contributed by atoms with Crippen LogP contribution in [-0.2, 0) is 6.42 Å². The molecule has 0 unspecified atom stereocenters. The smallest absolute Gasteiger partial charge is 0.142 e. The Labute approximate surface area is 142 Å². The normalized spacial score (nSPS) is 10.4. The van der Waals surface area contributed by atoms with E-state index in [0.29, 0.717) is 5.56 Å². The minimum absolute atomic E-state index is 0.270. The summed E-state index contributed by atoms with van der Waals surface area (Å²) in [4.78, 5) is 4.43. The molecule has 3 nitrogen and oxygen atoms in total. The second kappa shape index (κ2) is 6.55. The van der Waals surface area contributed by atoms with Crippen molar-refractivity contribution in [2.75, 3.05) is 5.73 Å². The van der Waals surface area contributed by atoms with E-state index in [1.807, 2.05) is 43.3 Å². The van der Waals surface area contributed by atoms with Crippen molar-refractivity contribution in [1.82, 2.24) is 4.98 Å². The molecule has 3 rings (SSSR count). The number of anilines is 1. The molecule has 0 saturated heterocycles. The van der Waals surface area contributed by atoms with E-state index in [9.17, 15) is 5.26 Å². The molecular formula is C21H19N3. The summed E-state index contributed by atoms with van der Waals surface area (Å²) in [5.41, 5.74) is 12.5. The predicted molar refractivity (Wildman–Crippen MR) is 98.4 cm³/mol. The van der Waals surface area contributed by atoms with Crippen molar-refractivity contribution in [3.05, 3.63) is 71.3 Å². The van der Waals surface area contributed by atoms with Gasteiger partial charge in [-0.15, -0.1) is 0 Å². The van der Waals surface area contributed by atoms with Gasteiger partial charge in [0.15, 0.2) is 0 Å². The van der Waals surface area contributed by atoms with E-state index in [0.717, 1.165) is 34.4 Å². The highest BCUT2D eigenvalue weighted by molar-refractivity contribution is 5.80. The number of hydrogen-bond donors (Lipinski definition) is 1. The van der Waals surface area contributed by atoms with E-state index in [4.69, 9.17) is 5.73 Å².